The summed E-state index contributed by atoms with van der Waals surface area (Å²) in [5.74, 6) is 0. The number of oxime groups is 1. The van der Waals surface area contributed by atoms with Gasteiger partial charge in [0.25, 0.3) is 0 Å². The zero-order valence-electron chi connectivity index (χ0n) is 5.33. The molecule has 0 aromatic carbocycles. The molecule has 1 heterocycles. The Morgan fingerprint density at radius 3 is 3.11 bits per heavy atom. The van der Waals surface area contributed by atoms with Crippen molar-refractivity contribution in [3.05, 3.63) is 0 Å². The highest BCUT2D eigenvalue weighted by molar-refractivity contribution is 6.28. The maximum absolute atomic E-state index is 10.1. The Kier molecular flexibility index (Phi) is 1.82. The van der Waals surface area contributed by atoms with E-state index in [2.05, 4.69) is 5.16 Å². The molecule has 3 nitrogen and oxygen atoms in total. The summed E-state index contributed by atoms with van der Waals surface area (Å²) < 4.78 is 0. The molecule has 0 bridgehead atoms. The number of nitrogens with zero attached hydrogens (tertiary/aromatic N) is 1. The van der Waals surface area contributed by atoms with E-state index in [0.717, 1.165) is 12.7 Å². The molecule has 0 saturated carbocycles. The summed E-state index contributed by atoms with van der Waals surface area (Å²) >= 11 is 0. The van der Waals surface area contributed by atoms with E-state index in [-0.39, 0.29) is 6.10 Å². The molecule has 0 fully saturated rings. The highest BCUT2D eigenvalue weighted by atomic mass is 16.6. The third kappa shape index (κ3) is 1.28. The topological polar surface area (TPSA) is 38.7 Å². The molecule has 1 atom stereocenters. The van der Waals surface area contributed by atoms with Gasteiger partial charge in [-0.15, -0.1) is 0 Å². The Morgan fingerprint density at radius 2 is 2.78 bits per heavy atom. The van der Waals surface area contributed by atoms with Crippen molar-refractivity contribution < 1.29 is 9.63 Å². The first kappa shape index (κ1) is 6.26. The van der Waals surface area contributed by atoms with Crippen LogP contribution in [0.25, 0.3) is 0 Å². The van der Waals surface area contributed by atoms with Crippen LogP contribution in [-0.4, -0.2) is 18.1 Å². The Morgan fingerprint density at radius 1 is 2.00 bits per heavy atom. The Bertz CT molecular complexity index is 142. The van der Waals surface area contributed by atoms with Gasteiger partial charge in [-0.05, 0) is 6.42 Å². The van der Waals surface area contributed by atoms with Crippen molar-refractivity contribution in [3.63, 3.8) is 0 Å². The number of aldehydes is 1. The lowest BCUT2D eigenvalue weighted by molar-refractivity contribution is -0.102. The molecule has 0 N–H and O–H groups in total. The number of hydrogen-bond donors (Lipinski definition) is 0. The van der Waals surface area contributed by atoms with Crippen LogP contribution >= 0.6 is 0 Å². The van der Waals surface area contributed by atoms with Gasteiger partial charge in [0.05, 0.1) is 0 Å². The fraction of sp³-hybridized carbons (Fsp3) is 0.667. The summed E-state index contributed by atoms with van der Waals surface area (Å²) in [6.45, 7) is 2.01. The standard InChI is InChI=1S/C6H9NO2/c1-2-6-3-5(4-8)7-9-6/h4,6H,2-3H2,1H3. The second kappa shape index (κ2) is 2.62. The minimum Gasteiger partial charge on any atom is -0.392 e. The van der Waals surface area contributed by atoms with Gasteiger partial charge >= 0.3 is 0 Å². The number of rotatable bonds is 2. The zero-order chi connectivity index (χ0) is 6.69. The lowest BCUT2D eigenvalue weighted by atomic mass is 10.1. The smallest absolute Gasteiger partial charge is 0.167 e. The van der Waals surface area contributed by atoms with E-state index in [1.54, 1.807) is 0 Å². The maximum atomic E-state index is 10.1. The molecule has 0 aliphatic carbocycles. The van der Waals surface area contributed by atoms with Gasteiger partial charge in [0.2, 0.25) is 0 Å². The first-order valence-electron chi connectivity index (χ1n) is 3.04. The Hall–Kier alpha value is -0.860. The van der Waals surface area contributed by atoms with Crippen LogP contribution in [0.2, 0.25) is 0 Å². The molecule has 3 heteroatoms. The molecule has 1 aliphatic heterocycles. The van der Waals surface area contributed by atoms with Crippen molar-refractivity contribution >= 4 is 12.0 Å². The van der Waals surface area contributed by atoms with Crippen LogP contribution in [0, 0.1) is 0 Å². The third-order valence-corrected chi connectivity index (χ3v) is 1.35. The second-order valence-corrected chi connectivity index (χ2v) is 2.04. The number of hydrogen-bond acceptors (Lipinski definition) is 3. The molecule has 1 unspecified atom stereocenters. The van der Waals surface area contributed by atoms with Crippen LogP contribution in [0.5, 0.6) is 0 Å². The molecule has 50 valence electrons. The average Bonchev–Trinajstić information content (AvgIpc) is 2.34. The summed E-state index contributed by atoms with van der Waals surface area (Å²) in [4.78, 5) is 14.9. The molecule has 1 aliphatic rings. The number of carbonyl (C=O) groups excluding carboxylic acids is 1. The highest BCUT2D eigenvalue weighted by Crippen LogP contribution is 2.11. The predicted octanol–water partition coefficient (Wildman–Crippen LogP) is 0.740. The van der Waals surface area contributed by atoms with Crippen LogP contribution in [0.15, 0.2) is 5.16 Å². The summed E-state index contributed by atoms with van der Waals surface area (Å²) in [6.07, 6.45) is 2.49. The molecule has 0 radical (unpaired) electrons. The molecule has 0 aromatic rings. The predicted molar refractivity (Wildman–Crippen MR) is 33.3 cm³/mol. The SMILES string of the molecule is CCC1CC(C=O)=NO1. The summed E-state index contributed by atoms with van der Waals surface area (Å²) in [7, 11) is 0. The summed E-state index contributed by atoms with van der Waals surface area (Å²) in [5, 5.41) is 3.56. The molecule has 9 heavy (non-hydrogen) atoms. The van der Waals surface area contributed by atoms with E-state index in [1.807, 2.05) is 6.92 Å². The van der Waals surface area contributed by atoms with Gasteiger partial charge in [0, 0.05) is 6.42 Å². The van der Waals surface area contributed by atoms with Gasteiger partial charge in [-0.2, -0.15) is 0 Å². The summed E-state index contributed by atoms with van der Waals surface area (Å²) in [5.41, 5.74) is 0.529. The van der Waals surface area contributed by atoms with Crippen LogP contribution < -0.4 is 0 Å². The molecule has 1 rings (SSSR count). The fourth-order valence-electron chi connectivity index (χ4n) is 0.739. The minimum absolute atomic E-state index is 0.144. The van der Waals surface area contributed by atoms with Gasteiger partial charge in [-0.1, -0.05) is 12.1 Å². The van der Waals surface area contributed by atoms with Crippen molar-refractivity contribution in [3.8, 4) is 0 Å². The van der Waals surface area contributed by atoms with Gasteiger partial charge in [-0.25, -0.2) is 0 Å². The highest BCUT2D eigenvalue weighted by Gasteiger charge is 2.17. The molecule has 0 amide bonds. The average molecular weight is 127 g/mol. The van der Waals surface area contributed by atoms with E-state index in [9.17, 15) is 4.79 Å². The van der Waals surface area contributed by atoms with Crippen molar-refractivity contribution in [1.82, 2.24) is 0 Å². The van der Waals surface area contributed by atoms with Crippen molar-refractivity contribution in [2.24, 2.45) is 5.16 Å². The first-order valence-corrected chi connectivity index (χ1v) is 3.04. The van der Waals surface area contributed by atoms with E-state index < -0.39 is 0 Å². The maximum Gasteiger partial charge on any atom is 0.167 e. The minimum atomic E-state index is 0.144. The van der Waals surface area contributed by atoms with Crippen LogP contribution in [-0.2, 0) is 9.63 Å². The van der Waals surface area contributed by atoms with Crippen LogP contribution in [0.1, 0.15) is 19.8 Å². The molecule has 0 spiro atoms. The van der Waals surface area contributed by atoms with E-state index in [1.165, 1.54) is 0 Å². The van der Waals surface area contributed by atoms with Gasteiger partial charge in [-0.3, -0.25) is 4.79 Å². The van der Waals surface area contributed by atoms with Crippen molar-refractivity contribution in [1.29, 1.82) is 0 Å². The fourth-order valence-corrected chi connectivity index (χ4v) is 0.739. The largest absolute Gasteiger partial charge is 0.392 e. The Labute approximate surface area is 53.7 Å². The lowest BCUT2D eigenvalue weighted by Crippen LogP contribution is -2.05. The first-order chi connectivity index (χ1) is 4.36. The molecule has 0 saturated heterocycles. The van der Waals surface area contributed by atoms with E-state index >= 15 is 0 Å². The number of carbonyl (C=O) groups is 1. The quantitative estimate of drug-likeness (QED) is 0.513. The van der Waals surface area contributed by atoms with Crippen LogP contribution in [0.3, 0.4) is 0 Å². The third-order valence-electron chi connectivity index (χ3n) is 1.35. The lowest BCUT2D eigenvalue weighted by Gasteiger charge is -2.00. The normalized spacial score (nSPS) is 25.0. The molecular weight excluding hydrogens is 118 g/mol. The molecule has 0 aromatic heterocycles. The van der Waals surface area contributed by atoms with Crippen molar-refractivity contribution in [2.45, 2.75) is 25.9 Å². The van der Waals surface area contributed by atoms with Gasteiger partial charge in [0.15, 0.2) is 6.29 Å². The van der Waals surface area contributed by atoms with E-state index in [4.69, 9.17) is 4.84 Å². The van der Waals surface area contributed by atoms with Gasteiger partial charge < -0.3 is 4.84 Å². The second-order valence-electron chi connectivity index (χ2n) is 2.04. The van der Waals surface area contributed by atoms with E-state index in [0.29, 0.717) is 12.1 Å². The Balaban J connectivity index is 2.39. The summed E-state index contributed by atoms with van der Waals surface area (Å²) in [6, 6.07) is 0. The molecular formula is C6H9NO2. The van der Waals surface area contributed by atoms with Gasteiger partial charge in [0.1, 0.15) is 11.8 Å². The van der Waals surface area contributed by atoms with Crippen LogP contribution in [0.4, 0.5) is 0 Å². The zero-order valence-corrected chi connectivity index (χ0v) is 5.33. The van der Waals surface area contributed by atoms with Crippen molar-refractivity contribution in [2.75, 3.05) is 0 Å². The monoisotopic (exact) mass is 127 g/mol.